The zero-order valence-electron chi connectivity index (χ0n) is 12.7. The van der Waals surface area contributed by atoms with Gasteiger partial charge in [0.1, 0.15) is 0 Å². The molecule has 0 unspecified atom stereocenters. The maximum atomic E-state index is 11.9. The fraction of sp³-hybridized carbons (Fsp3) is 0.471. The lowest BCUT2D eigenvalue weighted by Crippen LogP contribution is -2.29. The molecule has 1 fully saturated rings. The van der Waals surface area contributed by atoms with Gasteiger partial charge in [-0.3, -0.25) is 0 Å². The summed E-state index contributed by atoms with van der Waals surface area (Å²) in [4.78, 5) is 17.6. The monoisotopic (exact) mass is 286 g/mol. The molecule has 0 radical (unpaired) electrons. The van der Waals surface area contributed by atoms with Crippen molar-refractivity contribution in [3.05, 3.63) is 35.5 Å². The molecule has 1 aromatic carbocycles. The molecule has 0 atom stereocenters. The molecule has 0 aliphatic carbocycles. The SMILES string of the molecule is CCOC(=O)c1ccc2[nH]cc(C3CCN(C)CC3)c2c1. The molecule has 1 aromatic heterocycles. The van der Waals surface area contributed by atoms with Crippen molar-refractivity contribution in [2.24, 2.45) is 0 Å². The van der Waals surface area contributed by atoms with E-state index in [-0.39, 0.29) is 5.97 Å². The van der Waals surface area contributed by atoms with Gasteiger partial charge in [-0.05, 0) is 69.6 Å². The summed E-state index contributed by atoms with van der Waals surface area (Å²) < 4.78 is 5.10. The van der Waals surface area contributed by atoms with Crippen molar-refractivity contribution in [1.29, 1.82) is 0 Å². The van der Waals surface area contributed by atoms with E-state index in [1.54, 1.807) is 0 Å². The van der Waals surface area contributed by atoms with Crippen LogP contribution in [0.15, 0.2) is 24.4 Å². The number of nitrogens with one attached hydrogen (secondary N) is 1. The third kappa shape index (κ3) is 2.81. The molecule has 0 spiro atoms. The van der Waals surface area contributed by atoms with Crippen LogP contribution in [0.4, 0.5) is 0 Å². The molecule has 4 nitrogen and oxygen atoms in total. The molecule has 0 amide bonds. The van der Waals surface area contributed by atoms with E-state index >= 15 is 0 Å². The van der Waals surface area contributed by atoms with E-state index in [4.69, 9.17) is 4.74 Å². The molecule has 21 heavy (non-hydrogen) atoms. The Labute approximate surface area is 125 Å². The number of carbonyl (C=O) groups is 1. The second-order valence-corrected chi connectivity index (χ2v) is 5.80. The number of fused-ring (bicyclic) bond motifs is 1. The first-order valence-corrected chi connectivity index (χ1v) is 7.65. The number of carbonyl (C=O) groups excluding carboxylic acids is 1. The van der Waals surface area contributed by atoms with Crippen molar-refractivity contribution < 1.29 is 9.53 Å². The Hall–Kier alpha value is -1.81. The summed E-state index contributed by atoms with van der Waals surface area (Å²) in [5.74, 6) is 0.335. The van der Waals surface area contributed by atoms with Crippen molar-refractivity contribution >= 4 is 16.9 Å². The van der Waals surface area contributed by atoms with E-state index in [0.717, 1.165) is 24.0 Å². The van der Waals surface area contributed by atoms with Gasteiger partial charge in [0.05, 0.1) is 12.2 Å². The normalized spacial score (nSPS) is 17.2. The Bertz CT molecular complexity index is 639. The predicted molar refractivity (Wildman–Crippen MR) is 83.7 cm³/mol. The lowest BCUT2D eigenvalue weighted by molar-refractivity contribution is 0.0526. The minimum absolute atomic E-state index is 0.241. The number of rotatable bonds is 3. The quantitative estimate of drug-likeness (QED) is 0.882. The van der Waals surface area contributed by atoms with Gasteiger partial charge in [-0.1, -0.05) is 0 Å². The maximum Gasteiger partial charge on any atom is 0.338 e. The molecular formula is C17H22N2O2. The average Bonchev–Trinajstić information content (AvgIpc) is 2.91. The van der Waals surface area contributed by atoms with E-state index in [0.29, 0.717) is 18.1 Å². The number of esters is 1. The van der Waals surface area contributed by atoms with Gasteiger partial charge in [-0.2, -0.15) is 0 Å². The number of hydrogen-bond acceptors (Lipinski definition) is 3. The van der Waals surface area contributed by atoms with Crippen molar-refractivity contribution in [2.45, 2.75) is 25.7 Å². The van der Waals surface area contributed by atoms with Gasteiger partial charge < -0.3 is 14.6 Å². The van der Waals surface area contributed by atoms with Crippen molar-refractivity contribution in [1.82, 2.24) is 9.88 Å². The zero-order chi connectivity index (χ0) is 14.8. The first-order valence-electron chi connectivity index (χ1n) is 7.65. The second kappa shape index (κ2) is 5.90. The third-order valence-corrected chi connectivity index (χ3v) is 4.38. The number of H-pyrrole nitrogens is 1. The van der Waals surface area contributed by atoms with Gasteiger partial charge in [0, 0.05) is 17.1 Å². The van der Waals surface area contributed by atoms with E-state index in [1.165, 1.54) is 18.4 Å². The van der Waals surface area contributed by atoms with Gasteiger partial charge in [-0.15, -0.1) is 0 Å². The molecule has 1 saturated heterocycles. The van der Waals surface area contributed by atoms with Crippen LogP contribution in [-0.4, -0.2) is 42.6 Å². The van der Waals surface area contributed by atoms with Crippen LogP contribution >= 0.6 is 0 Å². The van der Waals surface area contributed by atoms with E-state index in [1.807, 2.05) is 25.1 Å². The summed E-state index contributed by atoms with van der Waals surface area (Å²) in [5, 5.41) is 1.16. The average molecular weight is 286 g/mol. The Morgan fingerprint density at radius 2 is 2.14 bits per heavy atom. The number of nitrogens with zero attached hydrogens (tertiary/aromatic N) is 1. The van der Waals surface area contributed by atoms with Crippen LogP contribution < -0.4 is 0 Å². The highest BCUT2D eigenvalue weighted by Crippen LogP contribution is 2.33. The highest BCUT2D eigenvalue weighted by molar-refractivity contribution is 5.95. The van der Waals surface area contributed by atoms with Crippen LogP contribution in [0.3, 0.4) is 0 Å². The molecule has 2 heterocycles. The number of piperidine rings is 1. The molecule has 112 valence electrons. The number of ether oxygens (including phenoxy) is 1. The number of aromatic amines is 1. The van der Waals surface area contributed by atoms with Gasteiger partial charge in [0.15, 0.2) is 0 Å². The highest BCUT2D eigenvalue weighted by Gasteiger charge is 2.21. The minimum Gasteiger partial charge on any atom is -0.462 e. The van der Waals surface area contributed by atoms with E-state index < -0.39 is 0 Å². The Balaban J connectivity index is 1.92. The van der Waals surface area contributed by atoms with Gasteiger partial charge in [0.25, 0.3) is 0 Å². The summed E-state index contributed by atoms with van der Waals surface area (Å²) in [6, 6.07) is 5.77. The van der Waals surface area contributed by atoms with Crippen molar-refractivity contribution in [3.63, 3.8) is 0 Å². The standard InChI is InChI=1S/C17H22N2O2/c1-3-21-17(20)13-4-5-16-14(10-13)15(11-18-16)12-6-8-19(2)9-7-12/h4-5,10-12,18H,3,6-9H2,1-2H3. The molecule has 4 heteroatoms. The molecule has 0 saturated carbocycles. The van der Waals surface area contributed by atoms with Crippen LogP contribution in [0.2, 0.25) is 0 Å². The topological polar surface area (TPSA) is 45.3 Å². The zero-order valence-corrected chi connectivity index (χ0v) is 12.7. The smallest absolute Gasteiger partial charge is 0.338 e. The van der Waals surface area contributed by atoms with Crippen LogP contribution in [0.5, 0.6) is 0 Å². The molecule has 0 bridgehead atoms. The minimum atomic E-state index is -0.241. The largest absolute Gasteiger partial charge is 0.462 e. The highest BCUT2D eigenvalue weighted by atomic mass is 16.5. The number of likely N-dealkylation sites (tertiary alicyclic amines) is 1. The molecule has 3 rings (SSSR count). The summed E-state index contributed by atoms with van der Waals surface area (Å²) in [5.41, 5.74) is 3.07. The van der Waals surface area contributed by atoms with Crippen LogP contribution in [-0.2, 0) is 4.74 Å². The number of benzene rings is 1. The Morgan fingerprint density at radius 1 is 1.38 bits per heavy atom. The lowest BCUT2D eigenvalue weighted by atomic mass is 9.89. The van der Waals surface area contributed by atoms with Crippen molar-refractivity contribution in [2.75, 3.05) is 26.7 Å². The predicted octanol–water partition coefficient (Wildman–Crippen LogP) is 3.15. The molecule has 1 N–H and O–H groups in total. The Kier molecular flexibility index (Phi) is 3.97. The van der Waals surface area contributed by atoms with Gasteiger partial charge in [0.2, 0.25) is 0 Å². The number of hydrogen-bond donors (Lipinski definition) is 1. The fourth-order valence-electron chi connectivity index (χ4n) is 3.14. The summed E-state index contributed by atoms with van der Waals surface area (Å²) in [6.45, 7) is 4.51. The number of aromatic nitrogens is 1. The van der Waals surface area contributed by atoms with E-state index in [2.05, 4.69) is 23.1 Å². The lowest BCUT2D eigenvalue weighted by Gasteiger charge is -2.28. The van der Waals surface area contributed by atoms with Crippen LogP contribution in [0.1, 0.15) is 41.6 Å². The maximum absolute atomic E-state index is 11.9. The van der Waals surface area contributed by atoms with Crippen molar-refractivity contribution in [3.8, 4) is 0 Å². The third-order valence-electron chi connectivity index (χ3n) is 4.38. The van der Waals surface area contributed by atoms with E-state index in [9.17, 15) is 4.79 Å². The molecule has 1 aliphatic rings. The fourth-order valence-corrected chi connectivity index (χ4v) is 3.14. The van der Waals surface area contributed by atoms with Crippen LogP contribution in [0, 0.1) is 0 Å². The Morgan fingerprint density at radius 3 is 2.86 bits per heavy atom. The first-order chi connectivity index (χ1) is 10.2. The molecular weight excluding hydrogens is 264 g/mol. The molecule has 2 aromatic rings. The summed E-state index contributed by atoms with van der Waals surface area (Å²) in [7, 11) is 2.17. The second-order valence-electron chi connectivity index (χ2n) is 5.80. The van der Waals surface area contributed by atoms with Crippen LogP contribution in [0.25, 0.3) is 10.9 Å². The first kappa shape index (κ1) is 14.1. The summed E-state index contributed by atoms with van der Waals surface area (Å²) in [6.07, 6.45) is 4.45. The summed E-state index contributed by atoms with van der Waals surface area (Å²) >= 11 is 0. The molecule has 1 aliphatic heterocycles. The van der Waals surface area contributed by atoms with Gasteiger partial charge in [-0.25, -0.2) is 4.79 Å². The van der Waals surface area contributed by atoms with Gasteiger partial charge >= 0.3 is 5.97 Å².